The molecule has 1 aliphatic rings. The zero-order valence-electron chi connectivity index (χ0n) is 16.1. The lowest BCUT2D eigenvalue weighted by molar-refractivity contribution is -0.114. The smallest absolute Gasteiger partial charge is 0.493 e. The molecule has 10 heteroatoms. The molecule has 1 atom stereocenters. The van der Waals surface area contributed by atoms with Gasteiger partial charge in [0, 0.05) is 0 Å². The van der Waals surface area contributed by atoms with Crippen LogP contribution in [0.1, 0.15) is 35.3 Å². The summed E-state index contributed by atoms with van der Waals surface area (Å²) in [5.41, 5.74) is 0.675. The van der Waals surface area contributed by atoms with Crippen LogP contribution in [-0.4, -0.2) is 40.9 Å². The van der Waals surface area contributed by atoms with Crippen molar-refractivity contribution in [2.45, 2.75) is 26.2 Å². The molecule has 2 heterocycles. The number of methoxy groups -OCH3 is 1. The van der Waals surface area contributed by atoms with Crippen LogP contribution in [0.4, 0.5) is 4.79 Å². The van der Waals surface area contributed by atoms with Crippen LogP contribution in [0.5, 0.6) is 11.5 Å². The van der Waals surface area contributed by atoms with Gasteiger partial charge in [0.05, 0.1) is 23.7 Å². The Bertz CT molecular complexity index is 986. The highest BCUT2D eigenvalue weighted by atomic mass is 32.2. The lowest BCUT2D eigenvalue weighted by atomic mass is 10.1. The molecule has 1 aromatic carbocycles. The van der Waals surface area contributed by atoms with Gasteiger partial charge in [-0.15, -0.1) is 21.5 Å². The Morgan fingerprint density at radius 3 is 2.72 bits per heavy atom. The Morgan fingerprint density at radius 2 is 2.07 bits per heavy atom. The Kier molecular flexibility index (Phi) is 6.65. The summed E-state index contributed by atoms with van der Waals surface area (Å²) in [6.45, 7) is 3.85. The van der Waals surface area contributed by atoms with Gasteiger partial charge in [0.15, 0.2) is 17.3 Å². The van der Waals surface area contributed by atoms with Crippen LogP contribution in [0.3, 0.4) is 0 Å². The third kappa shape index (κ3) is 4.65. The first-order valence-corrected chi connectivity index (χ1v) is 10.5. The van der Waals surface area contributed by atoms with Crippen LogP contribution in [-0.2, 0) is 16.0 Å². The van der Waals surface area contributed by atoms with E-state index in [-0.39, 0.29) is 23.2 Å². The van der Waals surface area contributed by atoms with Crippen molar-refractivity contribution in [2.75, 3.05) is 13.7 Å². The second-order valence-corrected chi connectivity index (χ2v) is 8.03. The number of nitrogens with zero attached hydrogens (tertiary/aromatic N) is 2. The highest BCUT2D eigenvalue weighted by Gasteiger charge is 2.39. The number of nitrogens with one attached hydrogen (secondary N) is 1. The Hall–Kier alpha value is -2.72. The number of ether oxygens (including phenoxy) is 3. The van der Waals surface area contributed by atoms with Crippen molar-refractivity contribution in [3.05, 3.63) is 38.7 Å². The quantitative estimate of drug-likeness (QED) is 0.412. The van der Waals surface area contributed by atoms with Gasteiger partial charge in [0.1, 0.15) is 15.9 Å². The van der Waals surface area contributed by atoms with Gasteiger partial charge >= 0.3 is 6.16 Å². The number of thioether (sulfide) groups is 1. The molecular formula is C19H19N3O5S2. The van der Waals surface area contributed by atoms with Crippen molar-refractivity contribution in [3.8, 4) is 11.5 Å². The van der Waals surface area contributed by atoms with E-state index in [4.69, 9.17) is 19.6 Å². The Labute approximate surface area is 175 Å². The van der Waals surface area contributed by atoms with E-state index in [1.165, 1.54) is 18.4 Å². The van der Waals surface area contributed by atoms with Crippen LogP contribution in [0.2, 0.25) is 0 Å². The van der Waals surface area contributed by atoms with E-state index < -0.39 is 12.1 Å². The van der Waals surface area contributed by atoms with Crippen LogP contribution in [0.15, 0.2) is 23.1 Å². The molecule has 0 bridgehead atoms. The molecule has 0 spiro atoms. The van der Waals surface area contributed by atoms with E-state index >= 15 is 0 Å². The van der Waals surface area contributed by atoms with Gasteiger partial charge in [0.2, 0.25) is 0 Å². The number of carbonyl (C=O) groups excluding carboxylic acids is 2. The second kappa shape index (κ2) is 9.19. The van der Waals surface area contributed by atoms with Gasteiger partial charge < -0.3 is 14.2 Å². The maximum Gasteiger partial charge on any atom is 0.513 e. The van der Waals surface area contributed by atoms with Crippen LogP contribution in [0, 0.1) is 5.41 Å². The van der Waals surface area contributed by atoms with Gasteiger partial charge in [-0.1, -0.05) is 24.8 Å². The number of allylic oxidation sites excluding steroid dienone is 1. The molecule has 0 saturated carbocycles. The first kappa shape index (κ1) is 21.0. The first-order chi connectivity index (χ1) is 14.0. The Morgan fingerprint density at radius 1 is 1.28 bits per heavy atom. The lowest BCUT2D eigenvalue weighted by Gasteiger charge is -2.09. The monoisotopic (exact) mass is 433 g/mol. The molecule has 1 aromatic heterocycles. The number of benzene rings is 1. The molecule has 0 unspecified atom stereocenters. The van der Waals surface area contributed by atoms with Crippen molar-refractivity contribution in [1.29, 1.82) is 5.41 Å². The molecule has 1 saturated heterocycles. The van der Waals surface area contributed by atoms with Crippen molar-refractivity contribution in [3.63, 3.8) is 0 Å². The van der Waals surface area contributed by atoms with Crippen molar-refractivity contribution >= 4 is 46.2 Å². The molecule has 8 nitrogen and oxygen atoms in total. The number of hydrogen-bond donors (Lipinski definition) is 1. The molecule has 0 amide bonds. The van der Waals surface area contributed by atoms with Gasteiger partial charge in [-0.2, -0.15) is 0 Å². The summed E-state index contributed by atoms with van der Waals surface area (Å²) in [5, 5.41) is 18.0. The summed E-state index contributed by atoms with van der Waals surface area (Å²) in [7, 11) is 1.45. The number of rotatable bonds is 6. The summed E-state index contributed by atoms with van der Waals surface area (Å²) in [6, 6.07) is 4.90. The van der Waals surface area contributed by atoms with Crippen molar-refractivity contribution in [2.24, 2.45) is 0 Å². The van der Waals surface area contributed by atoms with E-state index in [1.54, 1.807) is 31.2 Å². The largest absolute Gasteiger partial charge is 0.513 e. The number of aryl methyl sites for hydroxylation is 1. The zero-order chi connectivity index (χ0) is 21.0. The minimum atomic E-state index is -0.821. The maximum absolute atomic E-state index is 12.8. The van der Waals surface area contributed by atoms with E-state index in [0.717, 1.165) is 23.2 Å². The second-order valence-electron chi connectivity index (χ2n) is 5.86. The summed E-state index contributed by atoms with van der Waals surface area (Å²) in [6.07, 6.45) is 1.60. The SMILES string of the molecule is CCOC(=O)Oc1ccc(/C=C2\SC(=N)[C@@H](c3nnc(CC)s3)C2=O)cc1OC. The van der Waals surface area contributed by atoms with Crippen molar-refractivity contribution < 1.29 is 23.8 Å². The highest BCUT2D eigenvalue weighted by Crippen LogP contribution is 2.42. The Balaban J connectivity index is 1.83. The maximum atomic E-state index is 12.8. The zero-order valence-corrected chi connectivity index (χ0v) is 17.7. The molecule has 1 aliphatic heterocycles. The number of aromatic nitrogens is 2. The molecule has 1 N–H and O–H groups in total. The number of hydrogen-bond acceptors (Lipinski definition) is 10. The van der Waals surface area contributed by atoms with Gasteiger partial charge in [-0.25, -0.2) is 4.79 Å². The minimum Gasteiger partial charge on any atom is -0.493 e. The first-order valence-electron chi connectivity index (χ1n) is 8.83. The van der Waals surface area contributed by atoms with E-state index in [9.17, 15) is 9.59 Å². The third-order valence-electron chi connectivity index (χ3n) is 3.96. The third-order valence-corrected chi connectivity index (χ3v) is 6.09. The van der Waals surface area contributed by atoms with Crippen LogP contribution < -0.4 is 9.47 Å². The summed E-state index contributed by atoms with van der Waals surface area (Å²) < 4.78 is 15.1. The van der Waals surface area contributed by atoms with Crippen molar-refractivity contribution in [1.82, 2.24) is 10.2 Å². The molecule has 29 heavy (non-hydrogen) atoms. The van der Waals surface area contributed by atoms with E-state index in [0.29, 0.717) is 21.2 Å². The van der Waals surface area contributed by atoms with E-state index in [2.05, 4.69) is 10.2 Å². The molecule has 3 rings (SSSR count). The molecule has 2 aromatic rings. The molecule has 0 radical (unpaired) electrons. The number of carbonyl (C=O) groups is 2. The minimum absolute atomic E-state index is 0.176. The molecule has 1 fully saturated rings. The van der Waals surface area contributed by atoms with E-state index in [1.807, 2.05) is 6.92 Å². The summed E-state index contributed by atoms with van der Waals surface area (Å²) in [5.74, 6) is -0.335. The van der Waals surface area contributed by atoms with Gasteiger partial charge in [0.25, 0.3) is 0 Å². The predicted octanol–water partition coefficient (Wildman–Crippen LogP) is 4.06. The average Bonchev–Trinajstić information content (AvgIpc) is 3.27. The predicted molar refractivity (Wildman–Crippen MR) is 111 cm³/mol. The normalized spacial score (nSPS) is 17.6. The number of ketones is 1. The topological polar surface area (TPSA) is 111 Å². The van der Waals surface area contributed by atoms with Crippen LogP contribution in [0.25, 0.3) is 6.08 Å². The lowest BCUT2D eigenvalue weighted by Crippen LogP contribution is -2.11. The summed E-state index contributed by atoms with van der Waals surface area (Å²) in [4.78, 5) is 24.8. The highest BCUT2D eigenvalue weighted by molar-refractivity contribution is 8.19. The fourth-order valence-corrected chi connectivity index (χ4v) is 4.54. The summed E-state index contributed by atoms with van der Waals surface area (Å²) >= 11 is 2.47. The molecular weight excluding hydrogens is 414 g/mol. The molecule has 152 valence electrons. The van der Waals surface area contributed by atoms with Gasteiger partial charge in [-0.3, -0.25) is 10.2 Å². The fourth-order valence-electron chi connectivity index (χ4n) is 2.59. The fraction of sp³-hybridized carbons (Fsp3) is 0.316. The number of Topliss-reactive ketones (excluding diaryl/α,β-unsaturated/α-hetero) is 1. The standard InChI is InChI=1S/C19H19N3O5S2/c1-4-14-21-22-18(29-14)15-16(23)13(28-17(15)20)9-10-6-7-11(12(8-10)25-3)27-19(24)26-5-2/h6-9,15,20H,4-5H2,1-3H3/b13-9-,20-17?/t15-/m0/s1. The van der Waals surface area contributed by atoms with Gasteiger partial charge in [-0.05, 0) is 37.1 Å². The average molecular weight is 434 g/mol. The molecule has 0 aliphatic carbocycles. The van der Waals surface area contributed by atoms with Crippen LogP contribution >= 0.6 is 23.1 Å².